The Kier molecular flexibility index (Phi) is 7.31. The Morgan fingerprint density at radius 3 is 2.62 bits per heavy atom. The van der Waals surface area contributed by atoms with E-state index < -0.39 is 0 Å². The molecule has 0 aliphatic carbocycles. The number of nitrogens with zero attached hydrogens (tertiary/aromatic N) is 2. The van der Waals surface area contributed by atoms with Gasteiger partial charge in [-0.2, -0.15) is 0 Å². The molecule has 3 rings (SSSR count). The number of benzene rings is 1. The number of hydrogen-bond acceptors (Lipinski definition) is 5. The predicted octanol–water partition coefficient (Wildman–Crippen LogP) is 4.13. The second-order valence-corrected chi connectivity index (χ2v) is 7.72. The van der Waals surface area contributed by atoms with Gasteiger partial charge in [0.25, 0.3) is 0 Å². The lowest BCUT2D eigenvalue weighted by atomic mass is 10.2. The molecule has 0 spiro atoms. The Hall–Kier alpha value is -1.15. The lowest BCUT2D eigenvalue weighted by Gasteiger charge is -2.29. The number of halogens is 2. The highest BCUT2D eigenvalue weighted by Crippen LogP contribution is 2.34. The van der Waals surface area contributed by atoms with Gasteiger partial charge in [-0.1, -0.05) is 6.07 Å². The van der Waals surface area contributed by atoms with E-state index in [-0.39, 0.29) is 0 Å². The molecule has 7 heteroatoms. The number of aromatic nitrogens is 1. The Labute approximate surface area is 171 Å². The van der Waals surface area contributed by atoms with Crippen molar-refractivity contribution in [2.45, 2.75) is 20.0 Å². The first kappa shape index (κ1) is 19.6. The summed E-state index contributed by atoms with van der Waals surface area (Å²) in [6.07, 6.45) is 1.86. The summed E-state index contributed by atoms with van der Waals surface area (Å²) >= 11 is 7.18. The average Bonchev–Trinajstić information content (AvgIpc) is 2.66. The maximum Gasteiger partial charge on any atom is 0.147 e. The summed E-state index contributed by atoms with van der Waals surface area (Å²) in [6.45, 7) is 7.46. The van der Waals surface area contributed by atoms with Crippen molar-refractivity contribution in [1.29, 1.82) is 0 Å². The number of nitrogens with one attached hydrogen (secondary N) is 1. The van der Waals surface area contributed by atoms with Crippen LogP contribution in [0.15, 0.2) is 39.4 Å². The third-order valence-electron chi connectivity index (χ3n) is 4.17. The summed E-state index contributed by atoms with van der Waals surface area (Å²) in [5, 5.41) is 3.52. The van der Waals surface area contributed by atoms with Gasteiger partial charge < -0.3 is 19.7 Å². The molecule has 1 aliphatic rings. The minimum atomic E-state index is 0.639. The van der Waals surface area contributed by atoms with Crippen LogP contribution in [-0.2, 0) is 17.8 Å². The van der Waals surface area contributed by atoms with Crippen LogP contribution in [0.2, 0.25) is 0 Å². The third kappa shape index (κ3) is 4.97. The van der Waals surface area contributed by atoms with Gasteiger partial charge in [0.15, 0.2) is 0 Å². The number of morpholine rings is 1. The standard InChI is InChI=1S/C19H23Br2N3O2/c1-2-26-18-16(20)10-14(11-17(18)21)12-22-13-15-4-3-5-23-19(15)24-6-8-25-9-7-24/h3-5,10-11,22H,2,6-9,12-13H2,1H3. The van der Waals surface area contributed by atoms with Crippen LogP contribution in [0.4, 0.5) is 5.82 Å². The summed E-state index contributed by atoms with van der Waals surface area (Å²) in [7, 11) is 0. The highest BCUT2D eigenvalue weighted by atomic mass is 79.9. The minimum absolute atomic E-state index is 0.639. The largest absolute Gasteiger partial charge is 0.492 e. The van der Waals surface area contributed by atoms with E-state index >= 15 is 0 Å². The maximum atomic E-state index is 5.64. The van der Waals surface area contributed by atoms with Crippen molar-refractivity contribution in [3.05, 3.63) is 50.5 Å². The highest BCUT2D eigenvalue weighted by Gasteiger charge is 2.15. The number of ether oxygens (including phenoxy) is 2. The van der Waals surface area contributed by atoms with E-state index in [1.807, 2.05) is 19.2 Å². The number of rotatable bonds is 7. The lowest BCUT2D eigenvalue weighted by Crippen LogP contribution is -2.37. The van der Waals surface area contributed by atoms with Crippen molar-refractivity contribution in [1.82, 2.24) is 10.3 Å². The first-order valence-electron chi connectivity index (χ1n) is 8.77. The van der Waals surface area contributed by atoms with Gasteiger partial charge >= 0.3 is 0 Å². The van der Waals surface area contributed by atoms with Gasteiger partial charge in [0.2, 0.25) is 0 Å². The van der Waals surface area contributed by atoms with E-state index in [1.54, 1.807) is 0 Å². The summed E-state index contributed by atoms with van der Waals surface area (Å²) in [4.78, 5) is 6.88. The van der Waals surface area contributed by atoms with Gasteiger partial charge in [-0.25, -0.2) is 4.98 Å². The fourth-order valence-corrected chi connectivity index (χ4v) is 4.48. The summed E-state index contributed by atoms with van der Waals surface area (Å²) in [5.74, 6) is 1.90. The molecule has 26 heavy (non-hydrogen) atoms. The topological polar surface area (TPSA) is 46.6 Å². The average molecular weight is 485 g/mol. The summed E-state index contributed by atoms with van der Waals surface area (Å²) in [5.41, 5.74) is 2.39. The van der Waals surface area contributed by atoms with Crippen LogP contribution in [-0.4, -0.2) is 37.9 Å². The van der Waals surface area contributed by atoms with Crippen LogP contribution < -0.4 is 15.0 Å². The molecule has 0 amide bonds. The smallest absolute Gasteiger partial charge is 0.147 e. The molecule has 0 atom stereocenters. The molecule has 1 saturated heterocycles. The maximum absolute atomic E-state index is 5.64. The molecular formula is C19H23Br2N3O2. The molecule has 2 aromatic rings. The van der Waals surface area contributed by atoms with Crippen LogP contribution in [0.3, 0.4) is 0 Å². The Morgan fingerprint density at radius 1 is 1.19 bits per heavy atom. The number of pyridine rings is 1. The van der Waals surface area contributed by atoms with Crippen LogP contribution in [0.5, 0.6) is 5.75 Å². The van der Waals surface area contributed by atoms with E-state index in [2.05, 4.69) is 65.3 Å². The van der Waals surface area contributed by atoms with Crippen molar-refractivity contribution in [3.8, 4) is 5.75 Å². The first-order chi connectivity index (χ1) is 12.7. The molecule has 140 valence electrons. The first-order valence-corrected chi connectivity index (χ1v) is 10.4. The summed E-state index contributed by atoms with van der Waals surface area (Å²) in [6, 6.07) is 8.31. The predicted molar refractivity (Wildman–Crippen MR) is 111 cm³/mol. The van der Waals surface area contributed by atoms with Crippen molar-refractivity contribution in [2.24, 2.45) is 0 Å². The van der Waals surface area contributed by atoms with Crippen molar-refractivity contribution in [3.63, 3.8) is 0 Å². The molecule has 5 nitrogen and oxygen atoms in total. The Bertz CT molecular complexity index is 713. The van der Waals surface area contributed by atoms with Gasteiger partial charge in [0, 0.05) is 37.9 Å². The van der Waals surface area contributed by atoms with Crippen LogP contribution in [0.25, 0.3) is 0 Å². The quantitative estimate of drug-likeness (QED) is 0.640. The molecule has 1 aliphatic heterocycles. The molecule has 0 saturated carbocycles. The molecular weight excluding hydrogens is 462 g/mol. The Morgan fingerprint density at radius 2 is 1.92 bits per heavy atom. The summed E-state index contributed by atoms with van der Waals surface area (Å²) < 4.78 is 13.0. The minimum Gasteiger partial charge on any atom is -0.492 e. The third-order valence-corrected chi connectivity index (χ3v) is 5.35. The van der Waals surface area contributed by atoms with Crippen molar-refractivity contribution in [2.75, 3.05) is 37.8 Å². The zero-order valence-corrected chi connectivity index (χ0v) is 18.0. The lowest BCUT2D eigenvalue weighted by molar-refractivity contribution is 0.122. The van der Waals surface area contributed by atoms with E-state index in [1.165, 1.54) is 11.1 Å². The number of anilines is 1. The van der Waals surface area contributed by atoms with Crippen LogP contribution >= 0.6 is 31.9 Å². The Balaban J connectivity index is 1.63. The van der Waals surface area contributed by atoms with E-state index in [4.69, 9.17) is 9.47 Å². The molecule has 1 fully saturated rings. The van der Waals surface area contributed by atoms with E-state index in [9.17, 15) is 0 Å². The van der Waals surface area contributed by atoms with Crippen molar-refractivity contribution >= 4 is 37.7 Å². The molecule has 1 aromatic heterocycles. The SMILES string of the molecule is CCOc1c(Br)cc(CNCc2cccnc2N2CCOCC2)cc1Br. The fraction of sp³-hybridized carbons (Fsp3) is 0.421. The van der Waals surface area contributed by atoms with E-state index in [0.717, 1.165) is 59.9 Å². The molecule has 0 unspecified atom stereocenters. The van der Waals surface area contributed by atoms with Gasteiger partial charge in [-0.05, 0) is 62.5 Å². The number of hydrogen-bond donors (Lipinski definition) is 1. The second kappa shape index (κ2) is 9.69. The van der Waals surface area contributed by atoms with Crippen molar-refractivity contribution < 1.29 is 9.47 Å². The normalized spacial score (nSPS) is 14.5. The van der Waals surface area contributed by atoms with E-state index in [0.29, 0.717) is 6.61 Å². The zero-order chi connectivity index (χ0) is 18.4. The monoisotopic (exact) mass is 483 g/mol. The molecule has 1 aromatic carbocycles. The molecule has 0 bridgehead atoms. The molecule has 0 radical (unpaired) electrons. The van der Waals surface area contributed by atoms with Gasteiger partial charge in [0.1, 0.15) is 11.6 Å². The fourth-order valence-electron chi connectivity index (χ4n) is 2.97. The highest BCUT2D eigenvalue weighted by molar-refractivity contribution is 9.11. The van der Waals surface area contributed by atoms with Crippen LogP contribution in [0.1, 0.15) is 18.1 Å². The molecule has 2 heterocycles. The van der Waals surface area contributed by atoms with Gasteiger partial charge in [0.05, 0.1) is 28.8 Å². The van der Waals surface area contributed by atoms with Gasteiger partial charge in [-0.15, -0.1) is 0 Å². The zero-order valence-electron chi connectivity index (χ0n) is 14.8. The second-order valence-electron chi connectivity index (χ2n) is 6.01. The van der Waals surface area contributed by atoms with Gasteiger partial charge in [-0.3, -0.25) is 0 Å². The molecule has 1 N–H and O–H groups in total. The van der Waals surface area contributed by atoms with Crippen LogP contribution in [0, 0.1) is 0 Å².